The van der Waals surface area contributed by atoms with Gasteiger partial charge in [-0.15, -0.1) is 0 Å². The van der Waals surface area contributed by atoms with Crippen molar-refractivity contribution in [1.82, 2.24) is 0 Å². The summed E-state index contributed by atoms with van der Waals surface area (Å²) in [5.41, 5.74) is 2.24. The summed E-state index contributed by atoms with van der Waals surface area (Å²) in [6, 6.07) is 7.83. The Bertz CT molecular complexity index is 383. The fraction of sp³-hybridized carbons (Fsp3) is 0.385. The molecule has 1 aromatic carbocycles. The highest BCUT2D eigenvalue weighted by Gasteiger charge is 2.14. The first-order valence-electron chi connectivity index (χ1n) is 5.39. The lowest BCUT2D eigenvalue weighted by Crippen LogP contribution is -2.17. The third-order valence-corrected chi connectivity index (χ3v) is 2.39. The van der Waals surface area contributed by atoms with Crippen LogP contribution in [0.25, 0.3) is 0 Å². The van der Waals surface area contributed by atoms with E-state index in [9.17, 15) is 9.59 Å². The monoisotopic (exact) mass is 220 g/mol. The molecule has 0 amide bonds. The zero-order chi connectivity index (χ0) is 12.0. The van der Waals surface area contributed by atoms with E-state index in [2.05, 4.69) is 4.74 Å². The van der Waals surface area contributed by atoms with Crippen LogP contribution in [0.5, 0.6) is 0 Å². The summed E-state index contributed by atoms with van der Waals surface area (Å²) in [6.07, 6.45) is 0.800. The molecule has 3 nitrogen and oxygen atoms in total. The van der Waals surface area contributed by atoms with Crippen molar-refractivity contribution < 1.29 is 14.3 Å². The fourth-order valence-corrected chi connectivity index (χ4v) is 1.45. The highest BCUT2D eigenvalue weighted by atomic mass is 16.5. The molecule has 0 heterocycles. The Kier molecular flexibility index (Phi) is 4.70. The molecule has 0 aromatic heterocycles. The third-order valence-electron chi connectivity index (χ3n) is 2.39. The Hall–Kier alpha value is -1.64. The van der Waals surface area contributed by atoms with Crippen LogP contribution < -0.4 is 0 Å². The predicted octanol–water partition coefficient (Wildman–Crippen LogP) is 2.06. The lowest BCUT2D eigenvalue weighted by molar-refractivity contribution is -0.153. The van der Waals surface area contributed by atoms with Gasteiger partial charge in [-0.3, -0.25) is 4.79 Å². The van der Waals surface area contributed by atoms with Gasteiger partial charge in [0.05, 0.1) is 6.61 Å². The average molecular weight is 220 g/mol. The van der Waals surface area contributed by atoms with Gasteiger partial charge in [0, 0.05) is 6.42 Å². The Morgan fingerprint density at radius 2 is 1.94 bits per heavy atom. The van der Waals surface area contributed by atoms with Crippen LogP contribution in [0.1, 0.15) is 24.5 Å². The number of Topliss-reactive ketones (excluding diaryl/α,β-unsaturated/α-hetero) is 1. The van der Waals surface area contributed by atoms with Gasteiger partial charge in [-0.1, -0.05) is 24.3 Å². The second kappa shape index (κ2) is 6.05. The van der Waals surface area contributed by atoms with Gasteiger partial charge in [0.1, 0.15) is 0 Å². The van der Waals surface area contributed by atoms with Gasteiger partial charge in [0.25, 0.3) is 0 Å². The highest BCUT2D eigenvalue weighted by Crippen LogP contribution is 2.09. The second-order valence-corrected chi connectivity index (χ2v) is 3.57. The number of aryl methyl sites for hydroxylation is 2. The van der Waals surface area contributed by atoms with E-state index in [1.54, 1.807) is 6.92 Å². The molecular weight excluding hydrogens is 204 g/mol. The molecule has 0 spiro atoms. The standard InChI is InChI=1S/C13H16O3/c1-3-16-13(15)12(14)9-8-11-7-5-4-6-10(11)2/h4-7H,3,8-9H2,1-2H3. The zero-order valence-electron chi connectivity index (χ0n) is 9.66. The minimum Gasteiger partial charge on any atom is -0.460 e. The van der Waals surface area contributed by atoms with Crippen LogP contribution in [0, 0.1) is 6.92 Å². The van der Waals surface area contributed by atoms with Gasteiger partial charge in [0.15, 0.2) is 0 Å². The van der Waals surface area contributed by atoms with E-state index in [0.717, 1.165) is 11.1 Å². The molecule has 0 unspecified atom stereocenters. The van der Waals surface area contributed by atoms with Crippen molar-refractivity contribution in [3.05, 3.63) is 35.4 Å². The van der Waals surface area contributed by atoms with Crippen molar-refractivity contribution in [3.63, 3.8) is 0 Å². The number of hydrogen-bond donors (Lipinski definition) is 0. The Balaban J connectivity index is 2.49. The van der Waals surface area contributed by atoms with E-state index in [1.807, 2.05) is 31.2 Å². The van der Waals surface area contributed by atoms with Crippen LogP contribution in [0.4, 0.5) is 0 Å². The lowest BCUT2D eigenvalue weighted by atomic mass is 10.0. The quantitative estimate of drug-likeness (QED) is 0.563. The first kappa shape index (κ1) is 12.4. The maximum atomic E-state index is 11.3. The molecule has 16 heavy (non-hydrogen) atoms. The van der Waals surface area contributed by atoms with E-state index < -0.39 is 11.8 Å². The minimum absolute atomic E-state index is 0.212. The second-order valence-electron chi connectivity index (χ2n) is 3.57. The number of carbonyl (C=O) groups excluding carboxylic acids is 2. The van der Waals surface area contributed by atoms with Gasteiger partial charge < -0.3 is 4.74 Å². The van der Waals surface area contributed by atoms with Crippen molar-refractivity contribution in [3.8, 4) is 0 Å². The highest BCUT2D eigenvalue weighted by molar-refractivity contribution is 6.33. The number of esters is 1. The molecule has 0 N–H and O–H groups in total. The first-order valence-corrected chi connectivity index (χ1v) is 5.39. The topological polar surface area (TPSA) is 43.4 Å². The molecule has 0 radical (unpaired) electrons. The van der Waals surface area contributed by atoms with E-state index in [4.69, 9.17) is 0 Å². The van der Waals surface area contributed by atoms with Gasteiger partial charge >= 0.3 is 5.97 Å². The van der Waals surface area contributed by atoms with Crippen LogP contribution in [-0.4, -0.2) is 18.4 Å². The van der Waals surface area contributed by atoms with E-state index in [0.29, 0.717) is 6.42 Å². The van der Waals surface area contributed by atoms with Gasteiger partial charge in [-0.05, 0) is 31.4 Å². The van der Waals surface area contributed by atoms with Crippen LogP contribution in [0.15, 0.2) is 24.3 Å². The van der Waals surface area contributed by atoms with Gasteiger partial charge in [-0.2, -0.15) is 0 Å². The first-order chi connectivity index (χ1) is 7.65. The number of hydrogen-bond acceptors (Lipinski definition) is 3. The van der Waals surface area contributed by atoms with E-state index in [-0.39, 0.29) is 13.0 Å². The molecule has 86 valence electrons. The third kappa shape index (κ3) is 3.50. The molecule has 0 saturated heterocycles. The number of rotatable bonds is 5. The van der Waals surface area contributed by atoms with Crippen molar-refractivity contribution in [2.45, 2.75) is 26.7 Å². The van der Waals surface area contributed by atoms with Crippen LogP contribution in [0.2, 0.25) is 0 Å². The Morgan fingerprint density at radius 3 is 2.56 bits per heavy atom. The largest absolute Gasteiger partial charge is 0.460 e. The van der Waals surface area contributed by atoms with Crippen LogP contribution in [0.3, 0.4) is 0 Å². The van der Waals surface area contributed by atoms with Crippen LogP contribution in [-0.2, 0) is 20.7 Å². The smallest absolute Gasteiger partial charge is 0.374 e. The molecule has 0 bridgehead atoms. The van der Waals surface area contributed by atoms with E-state index >= 15 is 0 Å². The number of ether oxygens (including phenoxy) is 1. The maximum Gasteiger partial charge on any atom is 0.374 e. The Labute approximate surface area is 95.4 Å². The molecule has 0 atom stereocenters. The normalized spacial score (nSPS) is 9.88. The fourth-order valence-electron chi connectivity index (χ4n) is 1.45. The van der Waals surface area contributed by atoms with Crippen molar-refractivity contribution in [2.24, 2.45) is 0 Å². The summed E-state index contributed by atoms with van der Waals surface area (Å²) in [7, 11) is 0. The van der Waals surface area contributed by atoms with Crippen LogP contribution >= 0.6 is 0 Å². The minimum atomic E-state index is -0.726. The predicted molar refractivity (Wildman–Crippen MR) is 61.1 cm³/mol. The molecule has 0 fully saturated rings. The molecule has 0 saturated carbocycles. The van der Waals surface area contributed by atoms with Crippen molar-refractivity contribution in [2.75, 3.05) is 6.61 Å². The average Bonchev–Trinajstić information content (AvgIpc) is 2.28. The summed E-state index contributed by atoms with van der Waals surface area (Å²) < 4.78 is 4.63. The molecule has 0 aliphatic rings. The number of ketones is 1. The summed E-state index contributed by atoms with van der Waals surface area (Å²) >= 11 is 0. The molecule has 1 aromatic rings. The Morgan fingerprint density at radius 1 is 1.25 bits per heavy atom. The maximum absolute atomic E-state index is 11.3. The zero-order valence-corrected chi connectivity index (χ0v) is 9.66. The van der Waals surface area contributed by atoms with Crippen molar-refractivity contribution >= 4 is 11.8 Å². The van der Waals surface area contributed by atoms with Gasteiger partial charge in [-0.25, -0.2) is 4.79 Å². The molecular formula is C13H16O3. The number of benzene rings is 1. The van der Waals surface area contributed by atoms with Crippen molar-refractivity contribution in [1.29, 1.82) is 0 Å². The summed E-state index contributed by atoms with van der Waals surface area (Å²) in [5, 5.41) is 0. The van der Waals surface area contributed by atoms with Gasteiger partial charge in [0.2, 0.25) is 5.78 Å². The molecule has 3 heteroatoms. The molecule has 0 aliphatic carbocycles. The molecule has 0 aliphatic heterocycles. The van der Waals surface area contributed by atoms with E-state index in [1.165, 1.54) is 0 Å². The summed E-state index contributed by atoms with van der Waals surface area (Å²) in [6.45, 7) is 3.92. The lowest BCUT2D eigenvalue weighted by Gasteiger charge is -2.04. The summed E-state index contributed by atoms with van der Waals surface area (Å²) in [4.78, 5) is 22.4. The molecule has 1 rings (SSSR count). The number of carbonyl (C=O) groups is 2. The SMILES string of the molecule is CCOC(=O)C(=O)CCc1ccccc1C. The summed E-state index contributed by atoms with van der Waals surface area (Å²) in [5.74, 6) is -1.18.